The molecule has 2 rings (SSSR count). The normalized spacial score (nSPS) is 13.7. The predicted octanol–water partition coefficient (Wildman–Crippen LogP) is 3.07. The number of aromatic nitrogens is 1. The lowest BCUT2D eigenvalue weighted by atomic mass is 10.1. The average Bonchev–Trinajstić information content (AvgIpc) is 2.59. The Morgan fingerprint density at radius 3 is 2.73 bits per heavy atom. The van der Waals surface area contributed by atoms with Gasteiger partial charge >= 0.3 is 0 Å². The number of hydrogen-bond donors (Lipinski definition) is 2. The molecule has 2 N–H and O–H groups in total. The van der Waals surface area contributed by atoms with E-state index in [0.29, 0.717) is 5.39 Å². The molecule has 1 aromatic carbocycles. The minimum Gasteiger partial charge on any atom is -0.382 e. The van der Waals surface area contributed by atoms with Gasteiger partial charge in [-0.15, -0.1) is 0 Å². The van der Waals surface area contributed by atoms with Crippen molar-refractivity contribution in [1.82, 2.24) is 4.98 Å². The zero-order valence-electron chi connectivity index (χ0n) is 7.55. The van der Waals surface area contributed by atoms with Gasteiger partial charge in [0.2, 0.25) is 0 Å². The van der Waals surface area contributed by atoms with Crippen LogP contribution < -0.4 is 0 Å². The number of benzene rings is 1. The topological polar surface area (TPSA) is 36.0 Å². The van der Waals surface area contributed by atoms with Crippen molar-refractivity contribution in [1.29, 1.82) is 0 Å². The molecule has 15 heavy (non-hydrogen) atoms. The highest BCUT2D eigenvalue weighted by molar-refractivity contribution is 14.1. The van der Waals surface area contributed by atoms with Crippen molar-refractivity contribution < 1.29 is 13.9 Å². The van der Waals surface area contributed by atoms with Crippen molar-refractivity contribution in [2.45, 2.75) is 12.5 Å². The van der Waals surface area contributed by atoms with Crippen LogP contribution in [0.2, 0.25) is 0 Å². The summed E-state index contributed by atoms with van der Waals surface area (Å²) >= 11 is 2.10. The molecule has 0 saturated heterocycles. The van der Waals surface area contributed by atoms with Crippen molar-refractivity contribution in [2.75, 3.05) is 0 Å². The van der Waals surface area contributed by atoms with Gasteiger partial charge in [-0.25, -0.2) is 8.78 Å². The third-order valence-electron chi connectivity index (χ3n) is 2.23. The maximum absolute atomic E-state index is 12.4. The number of halogens is 3. The van der Waals surface area contributed by atoms with Gasteiger partial charge in [0, 0.05) is 26.2 Å². The fraction of sp³-hybridized carbons (Fsp3) is 0.200. The first-order valence-corrected chi connectivity index (χ1v) is 5.40. The van der Waals surface area contributed by atoms with E-state index in [2.05, 4.69) is 27.6 Å². The van der Waals surface area contributed by atoms with Crippen molar-refractivity contribution in [3.8, 4) is 0 Å². The monoisotopic (exact) mass is 323 g/mol. The highest BCUT2D eigenvalue weighted by Crippen LogP contribution is 2.28. The van der Waals surface area contributed by atoms with E-state index in [0.717, 1.165) is 9.09 Å². The molecule has 0 aliphatic rings. The summed E-state index contributed by atoms with van der Waals surface area (Å²) in [5.74, 6) is 0. The van der Waals surface area contributed by atoms with Gasteiger partial charge in [-0.2, -0.15) is 0 Å². The third-order valence-corrected chi connectivity index (χ3v) is 2.90. The second-order valence-electron chi connectivity index (χ2n) is 3.21. The first kappa shape index (κ1) is 10.8. The molecule has 0 spiro atoms. The lowest BCUT2D eigenvalue weighted by Crippen LogP contribution is -2.07. The Morgan fingerprint density at radius 1 is 1.33 bits per heavy atom. The van der Waals surface area contributed by atoms with Gasteiger partial charge in [0.05, 0.1) is 0 Å². The lowest BCUT2D eigenvalue weighted by Gasteiger charge is -2.07. The van der Waals surface area contributed by atoms with Crippen molar-refractivity contribution >= 4 is 33.5 Å². The van der Waals surface area contributed by atoms with E-state index in [1.54, 1.807) is 12.1 Å². The first-order chi connectivity index (χ1) is 7.09. The number of alkyl halides is 2. The van der Waals surface area contributed by atoms with E-state index in [-0.39, 0.29) is 5.56 Å². The van der Waals surface area contributed by atoms with Gasteiger partial charge in [-0.05, 0) is 40.8 Å². The van der Waals surface area contributed by atoms with Crippen LogP contribution in [-0.2, 0) is 0 Å². The smallest absolute Gasteiger partial charge is 0.268 e. The zero-order valence-corrected chi connectivity index (χ0v) is 9.70. The maximum atomic E-state index is 12.4. The van der Waals surface area contributed by atoms with E-state index in [1.807, 2.05) is 6.07 Å². The Balaban J connectivity index is 2.56. The molecule has 0 fully saturated rings. The Hall–Kier alpha value is -0.690. The van der Waals surface area contributed by atoms with Gasteiger partial charge in [0.25, 0.3) is 6.43 Å². The molecule has 0 bridgehead atoms. The Labute approximate surface area is 98.4 Å². The van der Waals surface area contributed by atoms with Crippen molar-refractivity contribution in [2.24, 2.45) is 0 Å². The summed E-state index contributed by atoms with van der Waals surface area (Å²) in [6, 6.07) is 5.45. The Bertz CT molecular complexity index is 483. The van der Waals surface area contributed by atoms with Crippen LogP contribution in [0.4, 0.5) is 8.78 Å². The fourth-order valence-electron chi connectivity index (χ4n) is 1.49. The molecule has 0 amide bonds. The molecule has 0 saturated carbocycles. The number of fused-ring (bicyclic) bond motifs is 1. The van der Waals surface area contributed by atoms with E-state index in [9.17, 15) is 13.9 Å². The number of aliphatic hydroxyl groups is 1. The van der Waals surface area contributed by atoms with E-state index >= 15 is 0 Å². The lowest BCUT2D eigenvalue weighted by molar-refractivity contribution is -0.00494. The minimum atomic E-state index is -2.76. The number of rotatable bonds is 2. The van der Waals surface area contributed by atoms with Crippen LogP contribution in [0.1, 0.15) is 11.7 Å². The van der Waals surface area contributed by atoms with Gasteiger partial charge < -0.3 is 10.1 Å². The first-order valence-electron chi connectivity index (χ1n) is 4.32. The van der Waals surface area contributed by atoms with Crippen LogP contribution in [0.3, 0.4) is 0 Å². The van der Waals surface area contributed by atoms with E-state index in [1.165, 1.54) is 6.20 Å². The average molecular weight is 323 g/mol. The standard InChI is InChI=1S/C10H8F2INO/c11-10(12)9(15)7-4-14-8-2-1-5(13)3-6(7)8/h1-4,9-10,14-15H. The largest absolute Gasteiger partial charge is 0.382 e. The summed E-state index contributed by atoms with van der Waals surface area (Å²) in [6.07, 6.45) is -3.06. The molecule has 2 nitrogen and oxygen atoms in total. The minimum absolute atomic E-state index is 0.249. The molecular weight excluding hydrogens is 315 g/mol. The van der Waals surface area contributed by atoms with Crippen LogP contribution >= 0.6 is 22.6 Å². The summed E-state index contributed by atoms with van der Waals surface area (Å²) in [5.41, 5.74) is 1.00. The highest BCUT2D eigenvalue weighted by atomic mass is 127. The van der Waals surface area contributed by atoms with E-state index in [4.69, 9.17) is 0 Å². The molecular formula is C10H8F2INO. The number of aliphatic hydroxyl groups excluding tert-OH is 1. The molecule has 0 aliphatic carbocycles. The third kappa shape index (κ3) is 1.98. The number of aromatic amines is 1. The van der Waals surface area contributed by atoms with Crippen LogP contribution in [0, 0.1) is 3.57 Å². The summed E-state index contributed by atoms with van der Waals surface area (Å²) in [7, 11) is 0. The summed E-state index contributed by atoms with van der Waals surface area (Å²) in [4.78, 5) is 2.85. The second-order valence-corrected chi connectivity index (χ2v) is 4.46. The molecule has 2 aromatic rings. The number of H-pyrrole nitrogens is 1. The van der Waals surface area contributed by atoms with Gasteiger partial charge in [-0.1, -0.05) is 0 Å². The number of hydrogen-bond acceptors (Lipinski definition) is 1. The maximum Gasteiger partial charge on any atom is 0.268 e. The number of nitrogens with one attached hydrogen (secondary N) is 1. The van der Waals surface area contributed by atoms with Crippen LogP contribution in [0.15, 0.2) is 24.4 Å². The second kappa shape index (κ2) is 4.05. The van der Waals surface area contributed by atoms with Gasteiger partial charge in [-0.3, -0.25) is 0 Å². The fourth-order valence-corrected chi connectivity index (χ4v) is 1.99. The van der Waals surface area contributed by atoms with Crippen molar-refractivity contribution in [3.63, 3.8) is 0 Å². The highest BCUT2D eigenvalue weighted by Gasteiger charge is 2.22. The van der Waals surface area contributed by atoms with Gasteiger partial charge in [0.15, 0.2) is 0 Å². The predicted molar refractivity (Wildman–Crippen MR) is 62.0 cm³/mol. The molecule has 1 heterocycles. The molecule has 0 radical (unpaired) electrons. The van der Waals surface area contributed by atoms with Crippen molar-refractivity contribution in [3.05, 3.63) is 33.5 Å². The SMILES string of the molecule is OC(c1c[nH]c2ccc(I)cc12)C(F)F. The Morgan fingerprint density at radius 2 is 2.07 bits per heavy atom. The van der Waals surface area contributed by atoms with E-state index < -0.39 is 12.5 Å². The quantitative estimate of drug-likeness (QED) is 0.819. The molecule has 1 aromatic heterocycles. The Kier molecular flexibility index (Phi) is 2.92. The summed E-state index contributed by atoms with van der Waals surface area (Å²) in [6.45, 7) is 0. The zero-order chi connectivity index (χ0) is 11.0. The molecule has 80 valence electrons. The molecule has 0 aliphatic heterocycles. The summed E-state index contributed by atoms with van der Waals surface area (Å²) in [5, 5.41) is 9.95. The molecule has 1 atom stereocenters. The van der Waals surface area contributed by atoms with Gasteiger partial charge in [0.1, 0.15) is 6.10 Å². The van der Waals surface area contributed by atoms with Crippen LogP contribution in [0.25, 0.3) is 10.9 Å². The van der Waals surface area contributed by atoms with Crippen LogP contribution in [0.5, 0.6) is 0 Å². The summed E-state index contributed by atoms with van der Waals surface area (Å²) < 4.78 is 25.7. The molecule has 1 unspecified atom stereocenters. The molecule has 5 heteroatoms. The van der Waals surface area contributed by atoms with Crippen LogP contribution in [-0.4, -0.2) is 16.5 Å².